The molecule has 1 aliphatic heterocycles. The summed E-state index contributed by atoms with van der Waals surface area (Å²) in [7, 11) is 3.41. The van der Waals surface area contributed by atoms with E-state index < -0.39 is 0 Å². The van der Waals surface area contributed by atoms with E-state index in [0.717, 1.165) is 30.3 Å². The Morgan fingerprint density at radius 3 is 2.58 bits per heavy atom. The van der Waals surface area contributed by atoms with Gasteiger partial charge in [-0.25, -0.2) is 0 Å². The molecule has 1 atom stereocenters. The van der Waals surface area contributed by atoms with Crippen molar-refractivity contribution in [3.8, 4) is 11.5 Å². The maximum atomic E-state index is 5.52. The van der Waals surface area contributed by atoms with Crippen LogP contribution in [0.3, 0.4) is 0 Å². The molecule has 1 N–H and O–H groups in total. The normalized spacial score (nSPS) is 22.2. The van der Waals surface area contributed by atoms with Gasteiger partial charge in [-0.3, -0.25) is 0 Å². The van der Waals surface area contributed by atoms with Crippen LogP contribution in [0, 0.1) is 0 Å². The fourth-order valence-corrected chi connectivity index (χ4v) is 2.91. The van der Waals surface area contributed by atoms with Crippen LogP contribution in [0.15, 0.2) is 18.2 Å². The maximum absolute atomic E-state index is 5.52. The molecule has 2 rings (SSSR count). The molecule has 0 bridgehead atoms. The highest BCUT2D eigenvalue weighted by atomic mass is 16.5. The number of hydrogen-bond donors (Lipinski definition) is 1. The summed E-state index contributed by atoms with van der Waals surface area (Å²) in [5.41, 5.74) is 1.14. The van der Waals surface area contributed by atoms with Crippen LogP contribution in [-0.4, -0.2) is 38.9 Å². The number of nitrogens with zero attached hydrogens (tertiary/aromatic N) is 1. The average Bonchev–Trinajstić information content (AvgIpc) is 2.37. The quantitative estimate of drug-likeness (QED) is 0.908. The molecule has 4 heteroatoms. The van der Waals surface area contributed by atoms with Crippen molar-refractivity contribution in [2.75, 3.05) is 32.2 Å². The third-order valence-corrected chi connectivity index (χ3v) is 3.74. The third-order valence-electron chi connectivity index (χ3n) is 3.74. The average molecular weight is 264 g/mol. The van der Waals surface area contributed by atoms with Gasteiger partial charge in [-0.05, 0) is 32.9 Å². The molecule has 4 nitrogen and oxygen atoms in total. The van der Waals surface area contributed by atoms with E-state index in [2.05, 4.69) is 37.1 Å². The largest absolute Gasteiger partial charge is 0.497 e. The number of piperazine rings is 1. The van der Waals surface area contributed by atoms with Gasteiger partial charge in [0, 0.05) is 30.7 Å². The Balaban J connectivity index is 2.48. The van der Waals surface area contributed by atoms with E-state index in [9.17, 15) is 0 Å². The molecule has 0 aliphatic carbocycles. The van der Waals surface area contributed by atoms with Crippen LogP contribution in [0.5, 0.6) is 11.5 Å². The lowest BCUT2D eigenvalue weighted by molar-refractivity contribution is 0.326. The Morgan fingerprint density at radius 2 is 2.00 bits per heavy atom. The molecular formula is C15H24N2O2. The molecule has 1 aromatic rings. The van der Waals surface area contributed by atoms with Crippen molar-refractivity contribution in [2.45, 2.75) is 32.4 Å². The predicted octanol–water partition coefficient (Wildman–Crippen LogP) is 2.28. The van der Waals surface area contributed by atoms with Gasteiger partial charge in [0.1, 0.15) is 11.5 Å². The fourth-order valence-electron chi connectivity index (χ4n) is 2.91. The summed E-state index contributed by atoms with van der Waals surface area (Å²) < 4.78 is 10.9. The summed E-state index contributed by atoms with van der Waals surface area (Å²) >= 11 is 0. The molecule has 1 unspecified atom stereocenters. The summed E-state index contributed by atoms with van der Waals surface area (Å²) in [6.07, 6.45) is 0. The molecule has 1 aromatic carbocycles. The highest BCUT2D eigenvalue weighted by Gasteiger charge is 2.35. The van der Waals surface area contributed by atoms with Crippen LogP contribution >= 0.6 is 0 Å². The number of methoxy groups -OCH3 is 2. The molecule has 1 aliphatic rings. The first kappa shape index (κ1) is 14.0. The standard InChI is InChI=1S/C15H24N2O2/c1-11-9-16-10-15(2,3)17(11)13-8-12(18-4)6-7-14(13)19-5/h6-8,11,16H,9-10H2,1-5H3. The van der Waals surface area contributed by atoms with E-state index in [1.165, 1.54) is 0 Å². The van der Waals surface area contributed by atoms with Crippen LogP contribution < -0.4 is 19.7 Å². The molecule has 0 saturated carbocycles. The Morgan fingerprint density at radius 1 is 1.26 bits per heavy atom. The van der Waals surface area contributed by atoms with Gasteiger partial charge in [-0.2, -0.15) is 0 Å². The minimum absolute atomic E-state index is 0.0390. The van der Waals surface area contributed by atoms with E-state index >= 15 is 0 Å². The van der Waals surface area contributed by atoms with Crippen LogP contribution in [-0.2, 0) is 0 Å². The summed E-state index contributed by atoms with van der Waals surface area (Å²) in [4.78, 5) is 2.42. The van der Waals surface area contributed by atoms with Gasteiger partial charge in [-0.15, -0.1) is 0 Å². The molecule has 0 radical (unpaired) electrons. The predicted molar refractivity (Wildman–Crippen MR) is 78.4 cm³/mol. The number of ether oxygens (including phenoxy) is 2. The van der Waals surface area contributed by atoms with Gasteiger partial charge in [-0.1, -0.05) is 0 Å². The zero-order chi connectivity index (χ0) is 14.0. The van der Waals surface area contributed by atoms with Gasteiger partial charge < -0.3 is 19.7 Å². The molecule has 1 fully saturated rings. The smallest absolute Gasteiger partial charge is 0.142 e. The topological polar surface area (TPSA) is 33.7 Å². The van der Waals surface area contributed by atoms with Crippen molar-refractivity contribution in [3.05, 3.63) is 18.2 Å². The second-order valence-corrected chi connectivity index (χ2v) is 5.70. The van der Waals surface area contributed by atoms with E-state index in [1.54, 1.807) is 14.2 Å². The lowest BCUT2D eigenvalue weighted by Crippen LogP contribution is -2.62. The zero-order valence-electron chi connectivity index (χ0n) is 12.5. The van der Waals surface area contributed by atoms with Crippen LogP contribution in [0.1, 0.15) is 20.8 Å². The van der Waals surface area contributed by atoms with Gasteiger partial charge in [0.15, 0.2) is 0 Å². The summed E-state index contributed by atoms with van der Waals surface area (Å²) in [6, 6.07) is 6.37. The summed E-state index contributed by atoms with van der Waals surface area (Å²) in [5.74, 6) is 1.75. The minimum Gasteiger partial charge on any atom is -0.497 e. The van der Waals surface area contributed by atoms with Crippen LogP contribution in [0.25, 0.3) is 0 Å². The maximum Gasteiger partial charge on any atom is 0.142 e. The number of anilines is 1. The van der Waals surface area contributed by atoms with Crippen molar-refractivity contribution in [3.63, 3.8) is 0 Å². The van der Waals surface area contributed by atoms with Crippen LogP contribution in [0.4, 0.5) is 5.69 Å². The molecular weight excluding hydrogens is 240 g/mol. The van der Waals surface area contributed by atoms with E-state index in [1.807, 2.05) is 12.1 Å². The highest BCUT2D eigenvalue weighted by molar-refractivity contribution is 5.64. The Bertz CT molecular complexity index is 446. The molecule has 0 spiro atoms. The highest BCUT2D eigenvalue weighted by Crippen LogP contribution is 2.38. The van der Waals surface area contributed by atoms with E-state index in [0.29, 0.717) is 6.04 Å². The zero-order valence-corrected chi connectivity index (χ0v) is 12.5. The number of rotatable bonds is 3. The first-order valence-electron chi connectivity index (χ1n) is 6.71. The first-order chi connectivity index (χ1) is 8.99. The Hall–Kier alpha value is -1.42. The third kappa shape index (κ3) is 2.63. The SMILES string of the molecule is COc1ccc(OC)c(N2C(C)CNCC2(C)C)c1. The lowest BCUT2D eigenvalue weighted by Gasteiger charge is -2.49. The Kier molecular flexibility index (Phi) is 3.90. The van der Waals surface area contributed by atoms with Gasteiger partial charge in [0.05, 0.1) is 19.9 Å². The van der Waals surface area contributed by atoms with Gasteiger partial charge >= 0.3 is 0 Å². The Labute approximate surface area is 115 Å². The number of hydrogen-bond acceptors (Lipinski definition) is 4. The van der Waals surface area contributed by atoms with Crippen molar-refractivity contribution >= 4 is 5.69 Å². The van der Waals surface area contributed by atoms with E-state index in [-0.39, 0.29) is 5.54 Å². The summed E-state index contributed by atoms with van der Waals surface area (Å²) in [5, 5.41) is 3.48. The van der Waals surface area contributed by atoms with Crippen molar-refractivity contribution in [1.29, 1.82) is 0 Å². The molecule has 0 amide bonds. The lowest BCUT2D eigenvalue weighted by atomic mass is 9.95. The summed E-state index contributed by atoms with van der Waals surface area (Å²) in [6.45, 7) is 8.65. The fraction of sp³-hybridized carbons (Fsp3) is 0.600. The second kappa shape index (κ2) is 5.29. The monoisotopic (exact) mass is 264 g/mol. The first-order valence-corrected chi connectivity index (χ1v) is 6.71. The van der Waals surface area contributed by atoms with Crippen molar-refractivity contribution < 1.29 is 9.47 Å². The van der Waals surface area contributed by atoms with E-state index in [4.69, 9.17) is 9.47 Å². The van der Waals surface area contributed by atoms with Crippen molar-refractivity contribution in [1.82, 2.24) is 5.32 Å². The number of nitrogens with one attached hydrogen (secondary N) is 1. The van der Waals surface area contributed by atoms with Gasteiger partial charge in [0.25, 0.3) is 0 Å². The molecule has 1 heterocycles. The number of benzene rings is 1. The second-order valence-electron chi connectivity index (χ2n) is 5.70. The van der Waals surface area contributed by atoms with Crippen molar-refractivity contribution in [2.24, 2.45) is 0 Å². The molecule has 106 valence electrons. The molecule has 0 aromatic heterocycles. The van der Waals surface area contributed by atoms with Crippen LogP contribution in [0.2, 0.25) is 0 Å². The molecule has 19 heavy (non-hydrogen) atoms. The minimum atomic E-state index is 0.0390. The molecule has 1 saturated heterocycles. The van der Waals surface area contributed by atoms with Gasteiger partial charge in [0.2, 0.25) is 0 Å².